The molecule has 120 valence electrons. The molecule has 0 aliphatic carbocycles. The van der Waals surface area contributed by atoms with Crippen molar-refractivity contribution < 1.29 is 18.3 Å². The Morgan fingerprint density at radius 3 is 2.52 bits per heavy atom. The fourth-order valence-corrected chi connectivity index (χ4v) is 2.08. The first kappa shape index (κ1) is 17.7. The third-order valence-electron chi connectivity index (χ3n) is 3.30. The van der Waals surface area contributed by atoms with Crippen molar-refractivity contribution in [3.05, 3.63) is 23.8 Å². The van der Waals surface area contributed by atoms with E-state index in [1.165, 1.54) is 7.11 Å². The molecule has 0 aromatic heterocycles. The minimum Gasteiger partial charge on any atom is -0.493 e. The lowest BCUT2D eigenvalue weighted by Crippen LogP contribution is -2.31. The van der Waals surface area contributed by atoms with Crippen molar-refractivity contribution in [2.45, 2.75) is 27.0 Å². The number of likely N-dealkylation sites (N-methyl/N-ethyl adjacent to an activating group) is 1. The van der Waals surface area contributed by atoms with Crippen LogP contribution in [0.3, 0.4) is 0 Å². The third kappa shape index (κ3) is 5.85. The van der Waals surface area contributed by atoms with Crippen LogP contribution in [0.5, 0.6) is 11.5 Å². The van der Waals surface area contributed by atoms with Gasteiger partial charge in [0.25, 0.3) is 0 Å². The van der Waals surface area contributed by atoms with Crippen molar-refractivity contribution in [2.24, 2.45) is 0 Å². The van der Waals surface area contributed by atoms with Crippen LogP contribution in [0.4, 0.5) is 8.78 Å². The lowest BCUT2D eigenvalue weighted by atomic mass is 10.2. The number of nitrogens with zero attached hydrogens (tertiary/aromatic N) is 1. The minimum atomic E-state index is -2.87. The number of methoxy groups -OCH3 is 1. The highest BCUT2D eigenvalue weighted by Crippen LogP contribution is 2.32. The van der Waals surface area contributed by atoms with E-state index in [-0.39, 0.29) is 5.75 Å². The molecule has 1 N–H and O–H groups in total. The monoisotopic (exact) mass is 302 g/mol. The zero-order chi connectivity index (χ0) is 15.7. The fraction of sp³-hybridized carbons (Fsp3) is 0.600. The molecule has 0 spiro atoms. The van der Waals surface area contributed by atoms with Gasteiger partial charge in [-0.2, -0.15) is 8.78 Å². The maximum atomic E-state index is 12.5. The summed E-state index contributed by atoms with van der Waals surface area (Å²) in [5.74, 6) is 0.420. The second-order valence-electron chi connectivity index (χ2n) is 4.53. The van der Waals surface area contributed by atoms with Gasteiger partial charge in [0.15, 0.2) is 11.5 Å². The van der Waals surface area contributed by atoms with E-state index in [1.807, 2.05) is 0 Å². The third-order valence-corrected chi connectivity index (χ3v) is 3.30. The summed E-state index contributed by atoms with van der Waals surface area (Å²) in [6, 6.07) is 5.13. The molecule has 0 aliphatic heterocycles. The number of alkyl halides is 2. The average molecular weight is 302 g/mol. The summed E-state index contributed by atoms with van der Waals surface area (Å²) in [4.78, 5) is 2.29. The first-order chi connectivity index (χ1) is 10.1. The molecular formula is C15H24F2N2O2. The van der Waals surface area contributed by atoms with Crippen molar-refractivity contribution >= 4 is 0 Å². The zero-order valence-corrected chi connectivity index (χ0v) is 12.9. The molecule has 0 radical (unpaired) electrons. The molecule has 0 bridgehead atoms. The van der Waals surface area contributed by atoms with Crippen LogP contribution in [0.25, 0.3) is 0 Å². The van der Waals surface area contributed by atoms with Crippen LogP contribution >= 0.6 is 0 Å². The van der Waals surface area contributed by atoms with Gasteiger partial charge in [0.1, 0.15) is 0 Å². The number of benzene rings is 1. The standard InChI is InChI=1S/C15H24F2N2O2/c1-4-19(5-2)10-9-18-11-12-7-6-8-13(20-3)14(12)21-15(16)17/h6-8,15,18H,4-5,9-11H2,1-3H3. The van der Waals surface area contributed by atoms with E-state index in [0.717, 1.165) is 26.2 Å². The molecule has 21 heavy (non-hydrogen) atoms. The number of nitrogens with one attached hydrogen (secondary N) is 1. The molecule has 0 atom stereocenters. The van der Waals surface area contributed by atoms with Gasteiger partial charge in [-0.3, -0.25) is 0 Å². The molecule has 0 saturated carbocycles. The van der Waals surface area contributed by atoms with E-state index in [4.69, 9.17) is 4.74 Å². The molecule has 0 fully saturated rings. The van der Waals surface area contributed by atoms with E-state index in [0.29, 0.717) is 17.9 Å². The molecule has 1 rings (SSSR count). The van der Waals surface area contributed by atoms with Gasteiger partial charge in [-0.05, 0) is 19.2 Å². The maximum absolute atomic E-state index is 12.5. The molecule has 6 heteroatoms. The Morgan fingerprint density at radius 1 is 1.24 bits per heavy atom. The van der Waals surface area contributed by atoms with Gasteiger partial charge >= 0.3 is 6.61 Å². The lowest BCUT2D eigenvalue weighted by Gasteiger charge is -2.19. The molecule has 0 unspecified atom stereocenters. The van der Waals surface area contributed by atoms with Crippen molar-refractivity contribution in [3.8, 4) is 11.5 Å². The predicted molar refractivity (Wildman–Crippen MR) is 79.1 cm³/mol. The van der Waals surface area contributed by atoms with Gasteiger partial charge < -0.3 is 19.7 Å². The van der Waals surface area contributed by atoms with Crippen LogP contribution in [-0.4, -0.2) is 44.8 Å². The van der Waals surface area contributed by atoms with E-state index in [9.17, 15) is 8.78 Å². The summed E-state index contributed by atoms with van der Waals surface area (Å²) in [6.45, 7) is 5.51. The lowest BCUT2D eigenvalue weighted by molar-refractivity contribution is -0.0518. The van der Waals surface area contributed by atoms with Crippen LogP contribution in [0.2, 0.25) is 0 Å². The van der Waals surface area contributed by atoms with Gasteiger partial charge in [0, 0.05) is 25.2 Å². The summed E-state index contributed by atoms with van der Waals surface area (Å²) in [5, 5.41) is 3.24. The Balaban J connectivity index is 2.61. The predicted octanol–water partition coefficient (Wildman–Crippen LogP) is 2.73. The van der Waals surface area contributed by atoms with E-state index in [1.54, 1.807) is 18.2 Å². The number of hydrogen-bond acceptors (Lipinski definition) is 4. The van der Waals surface area contributed by atoms with Crippen LogP contribution < -0.4 is 14.8 Å². The molecule has 0 amide bonds. The Hall–Kier alpha value is -1.40. The van der Waals surface area contributed by atoms with Crippen molar-refractivity contribution in [1.29, 1.82) is 0 Å². The van der Waals surface area contributed by atoms with E-state index < -0.39 is 6.61 Å². The summed E-state index contributed by atoms with van der Waals surface area (Å²) < 4.78 is 34.6. The van der Waals surface area contributed by atoms with Crippen molar-refractivity contribution in [3.63, 3.8) is 0 Å². The van der Waals surface area contributed by atoms with Gasteiger partial charge in [0.05, 0.1) is 7.11 Å². The maximum Gasteiger partial charge on any atom is 0.387 e. The number of ether oxygens (including phenoxy) is 2. The highest BCUT2D eigenvalue weighted by Gasteiger charge is 2.14. The zero-order valence-electron chi connectivity index (χ0n) is 12.9. The number of rotatable bonds is 10. The van der Waals surface area contributed by atoms with Gasteiger partial charge in [-0.25, -0.2) is 0 Å². The van der Waals surface area contributed by atoms with E-state index in [2.05, 4.69) is 28.8 Å². The van der Waals surface area contributed by atoms with Gasteiger partial charge in [0.2, 0.25) is 0 Å². The number of halogens is 2. The first-order valence-corrected chi connectivity index (χ1v) is 7.16. The Labute approximate surface area is 125 Å². The van der Waals surface area contributed by atoms with Crippen LogP contribution in [0, 0.1) is 0 Å². The summed E-state index contributed by atoms with van der Waals surface area (Å²) in [6.07, 6.45) is 0. The molecule has 4 nitrogen and oxygen atoms in total. The Morgan fingerprint density at radius 2 is 1.95 bits per heavy atom. The molecule has 1 aromatic carbocycles. The molecule has 0 heterocycles. The Bertz CT molecular complexity index is 413. The normalized spacial score (nSPS) is 11.2. The fourth-order valence-electron chi connectivity index (χ4n) is 2.08. The summed E-state index contributed by atoms with van der Waals surface area (Å²) in [5.41, 5.74) is 0.661. The largest absolute Gasteiger partial charge is 0.493 e. The number of para-hydroxylation sites is 1. The molecule has 0 saturated heterocycles. The van der Waals surface area contributed by atoms with Crippen molar-refractivity contribution in [2.75, 3.05) is 33.3 Å². The van der Waals surface area contributed by atoms with Crippen LogP contribution in [0.1, 0.15) is 19.4 Å². The number of hydrogen-bond donors (Lipinski definition) is 1. The van der Waals surface area contributed by atoms with E-state index >= 15 is 0 Å². The molecule has 0 aliphatic rings. The highest BCUT2D eigenvalue weighted by atomic mass is 19.3. The Kier molecular flexibility index (Phi) is 8.00. The average Bonchev–Trinajstić information content (AvgIpc) is 2.48. The topological polar surface area (TPSA) is 33.7 Å². The SMILES string of the molecule is CCN(CC)CCNCc1cccc(OC)c1OC(F)F. The van der Waals surface area contributed by atoms with Gasteiger partial charge in [-0.15, -0.1) is 0 Å². The van der Waals surface area contributed by atoms with Crippen molar-refractivity contribution in [1.82, 2.24) is 10.2 Å². The smallest absolute Gasteiger partial charge is 0.387 e. The first-order valence-electron chi connectivity index (χ1n) is 7.16. The van der Waals surface area contributed by atoms with Crippen LogP contribution in [0.15, 0.2) is 18.2 Å². The molecular weight excluding hydrogens is 278 g/mol. The van der Waals surface area contributed by atoms with Crippen LogP contribution in [-0.2, 0) is 6.54 Å². The summed E-state index contributed by atoms with van der Waals surface area (Å²) in [7, 11) is 1.44. The second kappa shape index (κ2) is 9.52. The quantitative estimate of drug-likeness (QED) is 0.674. The summed E-state index contributed by atoms with van der Waals surface area (Å²) >= 11 is 0. The molecule has 1 aromatic rings. The van der Waals surface area contributed by atoms with Gasteiger partial charge in [-0.1, -0.05) is 26.0 Å². The minimum absolute atomic E-state index is 0.102. The second-order valence-corrected chi connectivity index (χ2v) is 4.53. The highest BCUT2D eigenvalue weighted by molar-refractivity contribution is 5.46.